The number of hydrogen-bond acceptors (Lipinski definition) is 6. The average molecular weight is 490 g/mol. The van der Waals surface area contributed by atoms with Crippen LogP contribution in [0.3, 0.4) is 0 Å². The lowest BCUT2D eigenvalue weighted by molar-refractivity contribution is -0.384. The van der Waals surface area contributed by atoms with E-state index in [1.54, 1.807) is 30.3 Å². The fraction of sp³-hybridized carbons (Fsp3) is 0.231. The van der Waals surface area contributed by atoms with Gasteiger partial charge in [-0.15, -0.1) is 0 Å². The number of Topliss-reactive ketones (excluding diaryl/α,β-unsaturated/α-hetero) is 1. The number of likely N-dealkylation sites (tertiary alicyclic amines) is 1. The van der Waals surface area contributed by atoms with Crippen molar-refractivity contribution in [3.05, 3.63) is 98.6 Å². The highest BCUT2D eigenvalue weighted by Gasteiger charge is 2.75. The number of anilines is 1. The number of carbonyl (C=O) groups is 2. The lowest BCUT2D eigenvalue weighted by Gasteiger charge is -2.47. The molecule has 3 aliphatic heterocycles. The van der Waals surface area contributed by atoms with Crippen molar-refractivity contribution in [2.75, 3.05) is 25.5 Å². The summed E-state index contributed by atoms with van der Waals surface area (Å²) in [4.78, 5) is 41.4. The lowest BCUT2D eigenvalue weighted by Crippen LogP contribution is -2.62. The highest BCUT2D eigenvalue weighted by Crippen LogP contribution is 2.64. The Hall–Kier alpha value is -3.75. The normalized spacial score (nSPS) is 27.0. The molecule has 3 aromatic rings. The number of ether oxygens (including phenoxy) is 1. The molecule has 9 heteroatoms. The number of halogens is 1. The van der Waals surface area contributed by atoms with Gasteiger partial charge in [0.1, 0.15) is 28.3 Å². The molecule has 0 aromatic heterocycles. The van der Waals surface area contributed by atoms with Gasteiger partial charge in [0.25, 0.3) is 11.6 Å². The van der Waals surface area contributed by atoms with Gasteiger partial charge in [0.2, 0.25) is 0 Å². The Morgan fingerprint density at radius 3 is 2.66 bits per heavy atom. The molecule has 2 spiro atoms. The molecule has 1 N–H and O–H groups in total. The number of nitro benzene ring substituents is 1. The minimum absolute atomic E-state index is 0.00869. The fourth-order valence-corrected chi connectivity index (χ4v) is 6.49. The number of amides is 1. The van der Waals surface area contributed by atoms with E-state index >= 15 is 0 Å². The van der Waals surface area contributed by atoms with Crippen LogP contribution in [-0.4, -0.2) is 41.7 Å². The SMILES string of the molecule is CN1C[C@@H](c2ccc(Cl)c([N+](=O)[O-])c2)[C@@]2(COc3ccccc3C2=O)[C@@]12C(=O)Nc1ccccc12. The van der Waals surface area contributed by atoms with E-state index in [0.29, 0.717) is 34.7 Å². The first-order valence-corrected chi connectivity index (χ1v) is 11.5. The number of ketones is 1. The third-order valence-corrected chi connectivity index (χ3v) is 8.04. The predicted molar refractivity (Wildman–Crippen MR) is 129 cm³/mol. The molecule has 6 rings (SSSR count). The van der Waals surface area contributed by atoms with Crippen molar-refractivity contribution in [1.82, 2.24) is 4.90 Å². The summed E-state index contributed by atoms with van der Waals surface area (Å²) in [5, 5.41) is 14.6. The van der Waals surface area contributed by atoms with Crippen molar-refractivity contribution in [2.24, 2.45) is 5.41 Å². The van der Waals surface area contributed by atoms with Crippen molar-refractivity contribution in [2.45, 2.75) is 11.5 Å². The molecule has 1 saturated heterocycles. The predicted octanol–water partition coefficient (Wildman–Crippen LogP) is 4.39. The van der Waals surface area contributed by atoms with Gasteiger partial charge in [-0.05, 0) is 36.9 Å². The molecule has 3 aliphatic rings. The van der Waals surface area contributed by atoms with Crippen LogP contribution in [0.4, 0.5) is 11.4 Å². The molecular formula is C26H20ClN3O5. The number of nitrogens with one attached hydrogen (secondary N) is 1. The summed E-state index contributed by atoms with van der Waals surface area (Å²) >= 11 is 6.10. The fourth-order valence-electron chi connectivity index (χ4n) is 6.31. The number of fused-ring (bicyclic) bond motifs is 4. The second kappa shape index (κ2) is 7.37. The Morgan fingerprint density at radius 1 is 1.11 bits per heavy atom. The number of carbonyl (C=O) groups excluding carboxylic acids is 2. The van der Waals surface area contributed by atoms with Crippen LogP contribution in [-0.2, 0) is 10.3 Å². The van der Waals surface area contributed by atoms with E-state index in [0.717, 1.165) is 0 Å². The van der Waals surface area contributed by atoms with Crippen molar-refractivity contribution >= 4 is 34.7 Å². The van der Waals surface area contributed by atoms with Gasteiger partial charge in [-0.25, -0.2) is 0 Å². The summed E-state index contributed by atoms with van der Waals surface area (Å²) in [6, 6.07) is 18.9. The van der Waals surface area contributed by atoms with Crippen LogP contribution in [0.1, 0.15) is 27.4 Å². The van der Waals surface area contributed by atoms with Crippen molar-refractivity contribution in [3.8, 4) is 5.75 Å². The maximum atomic E-state index is 14.5. The van der Waals surface area contributed by atoms with Crippen LogP contribution in [0.2, 0.25) is 5.02 Å². The Morgan fingerprint density at radius 2 is 1.86 bits per heavy atom. The quantitative estimate of drug-likeness (QED) is 0.423. The number of para-hydroxylation sites is 2. The van der Waals surface area contributed by atoms with E-state index in [-0.39, 0.29) is 29.0 Å². The van der Waals surface area contributed by atoms with Crippen molar-refractivity contribution < 1.29 is 19.2 Å². The van der Waals surface area contributed by atoms with E-state index in [1.165, 1.54) is 12.1 Å². The number of nitro groups is 1. The Bertz CT molecular complexity index is 1440. The molecule has 0 aliphatic carbocycles. The van der Waals surface area contributed by atoms with Crippen molar-refractivity contribution in [3.63, 3.8) is 0 Å². The van der Waals surface area contributed by atoms with Crippen molar-refractivity contribution in [1.29, 1.82) is 0 Å². The summed E-state index contributed by atoms with van der Waals surface area (Å²) in [6.07, 6.45) is 0. The summed E-state index contributed by atoms with van der Waals surface area (Å²) in [5.41, 5.74) is -0.726. The number of benzene rings is 3. The first-order chi connectivity index (χ1) is 16.8. The summed E-state index contributed by atoms with van der Waals surface area (Å²) in [6.45, 7) is 0.244. The Labute approximate surface area is 205 Å². The first-order valence-electron chi connectivity index (χ1n) is 11.1. The summed E-state index contributed by atoms with van der Waals surface area (Å²) in [7, 11) is 1.81. The monoisotopic (exact) mass is 489 g/mol. The lowest BCUT2D eigenvalue weighted by atomic mass is 9.57. The van der Waals surface area contributed by atoms with Gasteiger partial charge < -0.3 is 10.1 Å². The first kappa shape index (κ1) is 21.8. The third-order valence-electron chi connectivity index (χ3n) is 7.72. The second-order valence-electron chi connectivity index (χ2n) is 9.20. The number of nitrogens with zero attached hydrogens (tertiary/aromatic N) is 2. The standard InChI is InChI=1S/C26H20ClN3O5/c1-29-13-18(15-10-11-19(27)21(12-15)30(33)34)25(14-35-22-9-5-2-6-16(22)23(25)31)26(29)17-7-3-4-8-20(17)28-24(26)32/h2-12,18H,13-14H2,1H3,(H,28,32)/t18-,25+,26+/m0/s1. The second-order valence-corrected chi connectivity index (χ2v) is 9.60. The van der Waals surface area contributed by atoms with Crippen LogP contribution >= 0.6 is 11.6 Å². The molecule has 0 bridgehead atoms. The van der Waals surface area contributed by atoms with Crippen LogP contribution < -0.4 is 10.1 Å². The highest BCUT2D eigenvalue weighted by atomic mass is 35.5. The topological polar surface area (TPSA) is 102 Å². The highest BCUT2D eigenvalue weighted by molar-refractivity contribution is 6.32. The van der Waals surface area contributed by atoms with Gasteiger partial charge >= 0.3 is 0 Å². The molecule has 0 unspecified atom stereocenters. The molecule has 176 valence electrons. The van der Waals surface area contributed by atoms with Gasteiger partial charge in [0.05, 0.1) is 10.5 Å². The number of likely N-dealkylation sites (N-methyl/N-ethyl adjacent to an activating group) is 1. The number of hydrogen-bond donors (Lipinski definition) is 1. The number of rotatable bonds is 2. The smallest absolute Gasteiger partial charge is 0.288 e. The molecule has 3 heterocycles. The molecule has 35 heavy (non-hydrogen) atoms. The maximum absolute atomic E-state index is 14.5. The third kappa shape index (κ3) is 2.61. The van der Waals surface area contributed by atoms with Gasteiger partial charge in [0.15, 0.2) is 5.78 Å². The molecule has 3 atom stereocenters. The van der Waals surface area contributed by atoms with Crippen LogP contribution in [0.15, 0.2) is 66.7 Å². The minimum Gasteiger partial charge on any atom is -0.492 e. The van der Waals surface area contributed by atoms with Gasteiger partial charge in [0, 0.05) is 29.8 Å². The molecule has 0 saturated carbocycles. The summed E-state index contributed by atoms with van der Waals surface area (Å²) < 4.78 is 6.20. The van der Waals surface area contributed by atoms with Gasteiger partial charge in [-0.3, -0.25) is 24.6 Å². The molecule has 8 nitrogen and oxygen atoms in total. The van der Waals surface area contributed by atoms with E-state index in [2.05, 4.69) is 5.32 Å². The van der Waals surface area contributed by atoms with Gasteiger partial charge in [-0.2, -0.15) is 0 Å². The maximum Gasteiger partial charge on any atom is 0.288 e. The van der Waals surface area contributed by atoms with E-state index < -0.39 is 21.8 Å². The average Bonchev–Trinajstić information content (AvgIpc) is 3.30. The zero-order valence-corrected chi connectivity index (χ0v) is 19.4. The Kier molecular flexibility index (Phi) is 4.58. The zero-order valence-electron chi connectivity index (χ0n) is 18.7. The van der Waals surface area contributed by atoms with Gasteiger partial charge in [-0.1, -0.05) is 48.0 Å². The zero-order chi connectivity index (χ0) is 24.5. The molecular weight excluding hydrogens is 470 g/mol. The van der Waals surface area contributed by atoms with E-state index in [9.17, 15) is 19.7 Å². The molecule has 1 amide bonds. The largest absolute Gasteiger partial charge is 0.492 e. The summed E-state index contributed by atoms with van der Waals surface area (Å²) in [5.74, 6) is -0.664. The van der Waals surface area contributed by atoms with E-state index in [1.807, 2.05) is 36.2 Å². The molecule has 1 fully saturated rings. The van der Waals surface area contributed by atoms with Crippen LogP contribution in [0.25, 0.3) is 0 Å². The van der Waals surface area contributed by atoms with E-state index in [4.69, 9.17) is 16.3 Å². The van der Waals surface area contributed by atoms with Crippen LogP contribution in [0.5, 0.6) is 5.75 Å². The molecule has 0 radical (unpaired) electrons. The van der Waals surface area contributed by atoms with Crippen LogP contribution in [0, 0.1) is 15.5 Å². The molecule has 3 aromatic carbocycles. The Balaban J connectivity index is 1.66. The minimum atomic E-state index is -1.38.